The summed E-state index contributed by atoms with van der Waals surface area (Å²) in [4.78, 5) is 8.05. The van der Waals surface area contributed by atoms with Gasteiger partial charge in [0.05, 0.1) is 6.20 Å². The summed E-state index contributed by atoms with van der Waals surface area (Å²) in [7, 11) is 0. The number of nitrogens with zero attached hydrogens (tertiary/aromatic N) is 4. The molecule has 0 spiro atoms. The molecule has 31 heavy (non-hydrogen) atoms. The van der Waals surface area contributed by atoms with Crippen molar-refractivity contribution in [2.75, 3.05) is 25.9 Å². The van der Waals surface area contributed by atoms with Gasteiger partial charge in [-0.1, -0.05) is 36.4 Å². The highest BCUT2D eigenvalue weighted by molar-refractivity contribution is 7.90. The van der Waals surface area contributed by atoms with Crippen molar-refractivity contribution < 1.29 is 4.55 Å². The third kappa shape index (κ3) is 4.37. The van der Waals surface area contributed by atoms with Crippen LogP contribution >= 0.6 is 0 Å². The van der Waals surface area contributed by atoms with Crippen molar-refractivity contribution in [2.45, 2.75) is 24.2 Å². The number of likely N-dealkylation sites (tertiary alicyclic amines) is 1. The van der Waals surface area contributed by atoms with Gasteiger partial charge in [-0.15, -0.1) is 0 Å². The molecule has 2 aromatic carbocycles. The minimum atomic E-state index is -1.02. The molecule has 0 N–H and O–H groups in total. The van der Waals surface area contributed by atoms with Crippen molar-refractivity contribution >= 4 is 16.8 Å². The zero-order valence-electron chi connectivity index (χ0n) is 17.7. The van der Waals surface area contributed by atoms with E-state index in [1.807, 2.05) is 47.4 Å². The minimum absolute atomic E-state index is 0.796. The van der Waals surface area contributed by atoms with Gasteiger partial charge in [-0.05, 0) is 66.3 Å². The average molecular weight is 431 g/mol. The highest BCUT2D eigenvalue weighted by Crippen LogP contribution is 2.27. The zero-order chi connectivity index (χ0) is 21.2. The summed E-state index contributed by atoms with van der Waals surface area (Å²) in [5.74, 6) is 0. The van der Waals surface area contributed by atoms with Gasteiger partial charge in [-0.3, -0.25) is 0 Å². The summed E-state index contributed by atoms with van der Waals surface area (Å²) >= 11 is -1.02. The summed E-state index contributed by atoms with van der Waals surface area (Å²) in [6, 6.07) is 16.6. The molecule has 1 fully saturated rings. The van der Waals surface area contributed by atoms with Crippen molar-refractivity contribution in [1.82, 2.24) is 19.5 Å². The van der Waals surface area contributed by atoms with Crippen LogP contribution in [0.2, 0.25) is 0 Å². The number of hydrogen-bond donors (Lipinski definition) is 0. The van der Waals surface area contributed by atoms with Crippen LogP contribution in [-0.2, 0) is 17.6 Å². The van der Waals surface area contributed by atoms with Crippen LogP contribution < -0.4 is 0 Å². The highest BCUT2D eigenvalue weighted by Gasteiger charge is 2.13. The quantitative estimate of drug-likeness (QED) is 0.425. The molecular formula is C25H26N4OS. The Kier molecular flexibility index (Phi) is 5.76. The molecule has 1 unspecified atom stereocenters. The van der Waals surface area contributed by atoms with E-state index in [-0.39, 0.29) is 0 Å². The molecular weight excluding hydrogens is 404 g/mol. The van der Waals surface area contributed by atoms with Crippen molar-refractivity contribution in [1.29, 1.82) is 0 Å². The molecule has 0 amide bonds. The second kappa shape index (κ2) is 8.83. The summed E-state index contributed by atoms with van der Waals surface area (Å²) in [6.45, 7) is 3.64. The second-order valence-electron chi connectivity index (χ2n) is 8.15. The van der Waals surface area contributed by atoms with E-state index in [2.05, 4.69) is 34.3 Å². The summed E-state index contributed by atoms with van der Waals surface area (Å²) in [5.41, 5.74) is 6.27. The third-order valence-corrected chi connectivity index (χ3v) is 6.95. The summed E-state index contributed by atoms with van der Waals surface area (Å²) < 4.78 is 13.7. The maximum atomic E-state index is 11.8. The normalized spacial score (nSPS) is 15.5. The topological polar surface area (TPSA) is 56.5 Å². The van der Waals surface area contributed by atoms with E-state index in [0.717, 1.165) is 45.8 Å². The molecule has 1 aliphatic rings. The lowest BCUT2D eigenvalue weighted by atomic mass is 10.0. The van der Waals surface area contributed by atoms with Gasteiger partial charge < -0.3 is 9.45 Å². The Morgan fingerprint density at radius 2 is 1.77 bits per heavy atom. The molecule has 6 heteroatoms. The Bertz CT molecular complexity index is 1180. The third-order valence-electron chi connectivity index (χ3n) is 6.04. The smallest absolute Gasteiger partial charge is 0.162 e. The van der Waals surface area contributed by atoms with Crippen LogP contribution in [0.15, 0.2) is 72.0 Å². The maximum Gasteiger partial charge on any atom is 0.162 e. The molecule has 0 radical (unpaired) electrons. The number of aromatic nitrogens is 3. The van der Waals surface area contributed by atoms with E-state index in [1.165, 1.54) is 31.5 Å². The monoisotopic (exact) mass is 430 g/mol. The van der Waals surface area contributed by atoms with Gasteiger partial charge in [0.15, 0.2) is 10.5 Å². The van der Waals surface area contributed by atoms with E-state index in [9.17, 15) is 4.55 Å². The largest absolute Gasteiger partial charge is 0.612 e. The molecule has 0 bridgehead atoms. The fourth-order valence-electron chi connectivity index (χ4n) is 4.23. The van der Waals surface area contributed by atoms with E-state index in [1.54, 1.807) is 6.26 Å². The van der Waals surface area contributed by atoms with Crippen molar-refractivity contribution in [3.63, 3.8) is 0 Å². The molecule has 1 saturated heterocycles. The van der Waals surface area contributed by atoms with Crippen molar-refractivity contribution in [3.05, 3.63) is 72.7 Å². The predicted octanol–water partition coefficient (Wildman–Crippen LogP) is 4.44. The van der Waals surface area contributed by atoms with Crippen LogP contribution in [0.25, 0.3) is 27.9 Å². The van der Waals surface area contributed by atoms with Crippen LogP contribution in [0.4, 0.5) is 0 Å². The maximum absolute atomic E-state index is 11.8. The molecule has 1 aliphatic heterocycles. The van der Waals surface area contributed by atoms with Gasteiger partial charge in [-0.2, -0.15) is 5.10 Å². The van der Waals surface area contributed by atoms with E-state index >= 15 is 0 Å². The Hall–Kier alpha value is -2.67. The Balaban J connectivity index is 1.36. The summed E-state index contributed by atoms with van der Waals surface area (Å²) in [6.07, 6.45) is 11.2. The minimum Gasteiger partial charge on any atom is -0.612 e. The molecule has 4 aromatic rings. The van der Waals surface area contributed by atoms with Gasteiger partial charge in [0.1, 0.15) is 6.26 Å². The fraction of sp³-hybridized carbons (Fsp3) is 0.280. The Morgan fingerprint density at radius 3 is 2.55 bits per heavy atom. The number of fused-ring (bicyclic) bond motifs is 1. The lowest BCUT2D eigenvalue weighted by Gasteiger charge is -2.14. The molecule has 5 nitrogen and oxygen atoms in total. The van der Waals surface area contributed by atoms with E-state index in [4.69, 9.17) is 4.98 Å². The average Bonchev–Trinajstić information content (AvgIpc) is 3.47. The first-order valence-corrected chi connectivity index (χ1v) is 12.3. The molecule has 158 valence electrons. The van der Waals surface area contributed by atoms with Crippen LogP contribution in [0.5, 0.6) is 0 Å². The lowest BCUT2D eigenvalue weighted by Crippen LogP contribution is -2.21. The van der Waals surface area contributed by atoms with Gasteiger partial charge in [0.25, 0.3) is 0 Å². The van der Waals surface area contributed by atoms with Crippen molar-refractivity contribution in [2.24, 2.45) is 0 Å². The van der Waals surface area contributed by atoms with Crippen LogP contribution in [0.3, 0.4) is 0 Å². The first kappa shape index (κ1) is 20.2. The first-order chi connectivity index (χ1) is 15.2. The highest BCUT2D eigenvalue weighted by atomic mass is 32.2. The second-order valence-corrected chi connectivity index (χ2v) is 9.53. The molecule has 1 atom stereocenters. The molecule has 5 rings (SSSR count). The number of rotatable bonds is 6. The van der Waals surface area contributed by atoms with Gasteiger partial charge in [0, 0.05) is 36.1 Å². The van der Waals surface area contributed by atoms with E-state index < -0.39 is 11.2 Å². The fourth-order valence-corrected chi connectivity index (χ4v) is 4.79. The zero-order valence-corrected chi connectivity index (χ0v) is 18.5. The molecule has 2 aromatic heterocycles. The predicted molar refractivity (Wildman–Crippen MR) is 126 cm³/mol. The standard InChI is InChI=1S/C25H26N4OS/c1-31(30)23-6-4-5-21(15-23)24-17-27-29-18-22(16-26-25(24)29)20-9-7-19(8-10-20)11-14-28-12-2-3-13-28/h4-10,15-18H,2-3,11-14H2,1H3. The first-order valence-electron chi connectivity index (χ1n) is 10.8. The van der Waals surface area contributed by atoms with Gasteiger partial charge in [0.2, 0.25) is 0 Å². The van der Waals surface area contributed by atoms with Crippen molar-refractivity contribution in [3.8, 4) is 22.3 Å². The Labute approximate surface area is 185 Å². The molecule has 3 heterocycles. The molecule has 0 saturated carbocycles. The summed E-state index contributed by atoms with van der Waals surface area (Å²) in [5, 5.41) is 4.52. The van der Waals surface area contributed by atoms with Crippen LogP contribution in [-0.4, -0.2) is 49.9 Å². The SMILES string of the molecule is C[S+]([O-])c1cccc(-c2cnn3cc(-c4ccc(CCN5CCCC5)cc4)cnc23)c1. The van der Waals surface area contributed by atoms with Crippen LogP contribution in [0, 0.1) is 0 Å². The van der Waals surface area contributed by atoms with Gasteiger partial charge >= 0.3 is 0 Å². The Morgan fingerprint density at radius 1 is 0.968 bits per heavy atom. The number of hydrogen-bond acceptors (Lipinski definition) is 4. The lowest BCUT2D eigenvalue weighted by molar-refractivity contribution is 0.343. The van der Waals surface area contributed by atoms with E-state index in [0.29, 0.717) is 0 Å². The molecule has 0 aliphatic carbocycles. The van der Waals surface area contributed by atoms with Gasteiger partial charge in [-0.25, -0.2) is 9.50 Å². The van der Waals surface area contributed by atoms with Crippen LogP contribution in [0.1, 0.15) is 18.4 Å². The number of benzene rings is 2.